The van der Waals surface area contributed by atoms with Crippen molar-refractivity contribution in [2.75, 3.05) is 6.73 Å². The Hall–Kier alpha value is -2.00. The molecule has 92 valence electrons. The molecule has 0 radical (unpaired) electrons. The molecule has 1 heterocycles. The number of aryl methyl sites for hydroxylation is 1. The molecule has 0 spiro atoms. The third kappa shape index (κ3) is 4.11. The van der Waals surface area contributed by atoms with Crippen LogP contribution in [0.3, 0.4) is 0 Å². The highest BCUT2D eigenvalue weighted by Crippen LogP contribution is 2.04. The molecule has 1 aromatic carbocycles. The van der Waals surface area contributed by atoms with Gasteiger partial charge in [-0.1, -0.05) is 35.9 Å². The van der Waals surface area contributed by atoms with Gasteiger partial charge in [0.1, 0.15) is 6.73 Å². The first-order valence-electron chi connectivity index (χ1n) is 5.89. The summed E-state index contributed by atoms with van der Waals surface area (Å²) in [4.78, 5) is 8.30. The van der Waals surface area contributed by atoms with Crippen molar-refractivity contribution in [3.05, 3.63) is 65.5 Å². The van der Waals surface area contributed by atoms with Crippen LogP contribution in [0.15, 0.2) is 53.7 Å². The molecule has 0 N–H and O–H groups in total. The van der Waals surface area contributed by atoms with Crippen LogP contribution in [0.25, 0.3) is 0 Å². The van der Waals surface area contributed by atoms with Crippen molar-refractivity contribution in [1.29, 1.82) is 0 Å². The molecule has 0 atom stereocenters. The highest BCUT2D eigenvalue weighted by molar-refractivity contribution is 5.76. The second kappa shape index (κ2) is 6.67. The van der Waals surface area contributed by atoms with Crippen LogP contribution in [0, 0.1) is 6.92 Å². The normalized spacial score (nSPS) is 10.9. The van der Waals surface area contributed by atoms with Gasteiger partial charge < -0.3 is 4.74 Å². The Morgan fingerprint density at radius 1 is 1.17 bits per heavy atom. The molecule has 0 amide bonds. The van der Waals surface area contributed by atoms with Crippen LogP contribution in [-0.2, 0) is 11.3 Å². The van der Waals surface area contributed by atoms with E-state index in [0.717, 1.165) is 11.3 Å². The summed E-state index contributed by atoms with van der Waals surface area (Å²) in [6.45, 7) is 3.01. The summed E-state index contributed by atoms with van der Waals surface area (Å²) < 4.78 is 5.46. The quantitative estimate of drug-likeness (QED) is 0.595. The lowest BCUT2D eigenvalue weighted by molar-refractivity contribution is 0.129. The van der Waals surface area contributed by atoms with Crippen LogP contribution in [0.5, 0.6) is 0 Å². The summed E-state index contributed by atoms with van der Waals surface area (Å²) in [6, 6.07) is 14.0. The molecule has 18 heavy (non-hydrogen) atoms. The molecule has 3 nitrogen and oxygen atoms in total. The van der Waals surface area contributed by atoms with E-state index in [0.29, 0.717) is 13.3 Å². The summed E-state index contributed by atoms with van der Waals surface area (Å²) in [5, 5.41) is 0. The van der Waals surface area contributed by atoms with Crippen LogP contribution in [0.4, 0.5) is 0 Å². The second-order valence-corrected chi connectivity index (χ2v) is 4.03. The first kappa shape index (κ1) is 12.5. The van der Waals surface area contributed by atoms with E-state index >= 15 is 0 Å². The van der Waals surface area contributed by atoms with E-state index < -0.39 is 0 Å². The minimum absolute atomic E-state index is 0.352. The molecule has 3 heteroatoms. The minimum atomic E-state index is 0.352. The van der Waals surface area contributed by atoms with E-state index in [4.69, 9.17) is 4.74 Å². The van der Waals surface area contributed by atoms with Crippen molar-refractivity contribution < 1.29 is 4.74 Å². The van der Waals surface area contributed by atoms with Gasteiger partial charge in [0.2, 0.25) is 0 Å². The van der Waals surface area contributed by atoms with E-state index in [1.165, 1.54) is 5.56 Å². The fourth-order valence-corrected chi connectivity index (χ4v) is 1.48. The Balaban J connectivity index is 1.73. The first-order valence-corrected chi connectivity index (χ1v) is 5.89. The predicted octanol–water partition coefficient (Wildman–Crippen LogP) is 2.98. The Labute approximate surface area is 107 Å². The zero-order valence-corrected chi connectivity index (χ0v) is 10.4. The van der Waals surface area contributed by atoms with Gasteiger partial charge in [-0.2, -0.15) is 0 Å². The zero-order valence-electron chi connectivity index (χ0n) is 10.4. The number of aliphatic imine (C=N–C) groups is 1. The molecule has 0 aliphatic heterocycles. The van der Waals surface area contributed by atoms with Gasteiger partial charge in [-0.3, -0.25) is 9.98 Å². The lowest BCUT2D eigenvalue weighted by atomic mass is 10.2. The topological polar surface area (TPSA) is 34.5 Å². The van der Waals surface area contributed by atoms with Crippen LogP contribution in [0.1, 0.15) is 16.8 Å². The number of aromatic nitrogens is 1. The van der Waals surface area contributed by atoms with Gasteiger partial charge in [0.05, 0.1) is 12.3 Å². The maximum Gasteiger partial charge on any atom is 0.137 e. The second-order valence-electron chi connectivity index (χ2n) is 4.03. The third-order valence-corrected chi connectivity index (χ3v) is 2.47. The van der Waals surface area contributed by atoms with Gasteiger partial charge in [0.15, 0.2) is 0 Å². The van der Waals surface area contributed by atoms with Crippen LogP contribution in [-0.4, -0.2) is 17.9 Å². The van der Waals surface area contributed by atoms with E-state index in [1.54, 1.807) is 12.4 Å². The van der Waals surface area contributed by atoms with Gasteiger partial charge in [-0.05, 0) is 24.6 Å². The summed E-state index contributed by atoms with van der Waals surface area (Å²) >= 11 is 0. The average molecular weight is 240 g/mol. The minimum Gasteiger partial charge on any atom is -0.355 e. The van der Waals surface area contributed by atoms with Crippen molar-refractivity contribution in [2.24, 2.45) is 4.99 Å². The molecule has 0 aliphatic rings. The smallest absolute Gasteiger partial charge is 0.137 e. The predicted molar refractivity (Wildman–Crippen MR) is 72.7 cm³/mol. The van der Waals surface area contributed by atoms with Crippen molar-refractivity contribution in [1.82, 2.24) is 4.98 Å². The standard InChI is InChI=1S/C15H16N2O/c1-13-5-7-14(8-6-13)11-18-12-16-10-15-4-2-3-9-17-15/h2-10H,11-12H2,1H3/b16-10+. The lowest BCUT2D eigenvalue weighted by Gasteiger charge is -2.01. The van der Waals surface area contributed by atoms with Gasteiger partial charge in [0, 0.05) is 12.4 Å². The SMILES string of the molecule is Cc1ccc(COC/N=C/c2ccccn2)cc1. The average Bonchev–Trinajstić information content (AvgIpc) is 2.42. The Kier molecular flexibility index (Phi) is 4.61. The number of nitrogens with zero attached hydrogens (tertiary/aromatic N) is 2. The number of ether oxygens (including phenoxy) is 1. The molecule has 1 aromatic heterocycles. The molecular formula is C15H16N2O. The molecule has 0 fully saturated rings. The van der Waals surface area contributed by atoms with Crippen molar-refractivity contribution in [3.8, 4) is 0 Å². The largest absolute Gasteiger partial charge is 0.355 e. The molecule has 2 rings (SSSR count). The maximum atomic E-state index is 5.46. The monoisotopic (exact) mass is 240 g/mol. The molecule has 2 aromatic rings. The van der Waals surface area contributed by atoms with Gasteiger partial charge in [-0.15, -0.1) is 0 Å². The summed E-state index contributed by atoms with van der Waals surface area (Å²) in [6.07, 6.45) is 3.46. The van der Waals surface area contributed by atoms with E-state index in [2.05, 4.69) is 41.2 Å². The number of hydrogen-bond donors (Lipinski definition) is 0. The Morgan fingerprint density at radius 3 is 2.72 bits per heavy atom. The van der Waals surface area contributed by atoms with Crippen molar-refractivity contribution in [3.63, 3.8) is 0 Å². The molecule has 0 aliphatic carbocycles. The summed E-state index contributed by atoms with van der Waals surface area (Å²) in [5.41, 5.74) is 3.26. The van der Waals surface area contributed by atoms with Gasteiger partial charge >= 0.3 is 0 Å². The Morgan fingerprint density at radius 2 is 2.00 bits per heavy atom. The van der Waals surface area contributed by atoms with Crippen molar-refractivity contribution in [2.45, 2.75) is 13.5 Å². The van der Waals surface area contributed by atoms with Crippen LogP contribution >= 0.6 is 0 Å². The molecule has 0 saturated carbocycles. The van der Waals surface area contributed by atoms with E-state index in [1.807, 2.05) is 18.2 Å². The number of rotatable bonds is 5. The first-order chi connectivity index (χ1) is 8.84. The number of pyridine rings is 1. The third-order valence-electron chi connectivity index (χ3n) is 2.47. The summed E-state index contributed by atoms with van der Waals surface area (Å²) in [7, 11) is 0. The fourth-order valence-electron chi connectivity index (χ4n) is 1.48. The number of benzene rings is 1. The lowest BCUT2D eigenvalue weighted by Crippen LogP contribution is -1.94. The Bertz CT molecular complexity index is 492. The molecular weight excluding hydrogens is 224 g/mol. The summed E-state index contributed by atoms with van der Waals surface area (Å²) in [5.74, 6) is 0. The van der Waals surface area contributed by atoms with Gasteiger partial charge in [0.25, 0.3) is 0 Å². The maximum absolute atomic E-state index is 5.46. The van der Waals surface area contributed by atoms with Gasteiger partial charge in [-0.25, -0.2) is 0 Å². The zero-order chi connectivity index (χ0) is 12.6. The molecule has 0 bridgehead atoms. The molecule has 0 unspecified atom stereocenters. The van der Waals surface area contributed by atoms with E-state index in [9.17, 15) is 0 Å². The van der Waals surface area contributed by atoms with E-state index in [-0.39, 0.29) is 0 Å². The number of hydrogen-bond acceptors (Lipinski definition) is 3. The molecule has 0 saturated heterocycles. The van der Waals surface area contributed by atoms with Crippen LogP contribution < -0.4 is 0 Å². The highest BCUT2D eigenvalue weighted by atomic mass is 16.5. The highest BCUT2D eigenvalue weighted by Gasteiger charge is 1.91. The van der Waals surface area contributed by atoms with Crippen molar-refractivity contribution >= 4 is 6.21 Å². The van der Waals surface area contributed by atoms with Crippen LogP contribution in [0.2, 0.25) is 0 Å². The fraction of sp³-hybridized carbons (Fsp3) is 0.200.